The number of rotatable bonds is 8. The third-order valence-corrected chi connectivity index (χ3v) is 4.99. The molecule has 154 valence electrons. The Morgan fingerprint density at radius 1 is 1.14 bits per heavy atom. The summed E-state index contributed by atoms with van der Waals surface area (Å²) in [5.74, 6) is 0.220. The van der Waals surface area contributed by atoms with E-state index in [-0.39, 0.29) is 24.0 Å². The molecule has 2 N–H and O–H groups in total. The summed E-state index contributed by atoms with van der Waals surface area (Å²) in [4.78, 5) is 25.1. The Bertz CT molecular complexity index is 829. The average molecular weight is 396 g/mol. The van der Waals surface area contributed by atoms with E-state index in [4.69, 9.17) is 9.47 Å². The first-order valence-corrected chi connectivity index (χ1v) is 10.1. The molecule has 3 rings (SSSR count). The zero-order chi connectivity index (χ0) is 20.6. The Balaban J connectivity index is 1.62. The van der Waals surface area contributed by atoms with Crippen LogP contribution in [0.4, 0.5) is 5.69 Å². The molecule has 0 bridgehead atoms. The zero-order valence-electron chi connectivity index (χ0n) is 16.9. The van der Waals surface area contributed by atoms with Crippen LogP contribution >= 0.6 is 0 Å². The minimum Gasteiger partial charge on any atom is -0.491 e. The van der Waals surface area contributed by atoms with Crippen molar-refractivity contribution in [3.8, 4) is 5.75 Å². The molecule has 1 heterocycles. The molecule has 1 fully saturated rings. The van der Waals surface area contributed by atoms with E-state index in [2.05, 4.69) is 10.6 Å². The fourth-order valence-corrected chi connectivity index (χ4v) is 3.06. The minimum absolute atomic E-state index is 0.0634. The van der Waals surface area contributed by atoms with E-state index in [1.165, 1.54) is 0 Å². The van der Waals surface area contributed by atoms with Crippen LogP contribution < -0.4 is 15.4 Å². The van der Waals surface area contributed by atoms with Gasteiger partial charge < -0.3 is 20.1 Å². The Labute approximate surface area is 171 Å². The minimum atomic E-state index is -0.278. The van der Waals surface area contributed by atoms with E-state index in [9.17, 15) is 9.59 Å². The van der Waals surface area contributed by atoms with E-state index < -0.39 is 0 Å². The monoisotopic (exact) mass is 396 g/mol. The van der Waals surface area contributed by atoms with E-state index in [1.807, 2.05) is 13.8 Å². The summed E-state index contributed by atoms with van der Waals surface area (Å²) in [6, 6.07) is 14.0. The molecule has 1 aliphatic rings. The summed E-state index contributed by atoms with van der Waals surface area (Å²) in [5, 5.41) is 5.76. The van der Waals surface area contributed by atoms with Crippen LogP contribution in [0.1, 0.15) is 53.8 Å². The highest BCUT2D eigenvalue weighted by atomic mass is 16.5. The topological polar surface area (TPSA) is 76.7 Å². The van der Waals surface area contributed by atoms with Crippen LogP contribution in [0.25, 0.3) is 0 Å². The van der Waals surface area contributed by atoms with Gasteiger partial charge in [-0.05, 0) is 62.6 Å². The van der Waals surface area contributed by atoms with Crippen molar-refractivity contribution >= 4 is 17.5 Å². The lowest BCUT2D eigenvalue weighted by atomic mass is 10.1. The van der Waals surface area contributed by atoms with Gasteiger partial charge in [0.25, 0.3) is 11.8 Å². The Morgan fingerprint density at radius 2 is 1.90 bits per heavy atom. The maximum absolute atomic E-state index is 12.6. The third kappa shape index (κ3) is 5.81. The third-order valence-electron chi connectivity index (χ3n) is 4.99. The second-order valence-corrected chi connectivity index (χ2v) is 7.25. The number of amides is 2. The van der Waals surface area contributed by atoms with Gasteiger partial charge in [-0.2, -0.15) is 0 Å². The molecule has 2 amide bonds. The van der Waals surface area contributed by atoms with E-state index in [0.29, 0.717) is 29.2 Å². The number of para-hydroxylation sites is 1. The first-order valence-electron chi connectivity index (χ1n) is 10.1. The van der Waals surface area contributed by atoms with Crippen molar-refractivity contribution in [3.63, 3.8) is 0 Å². The quantitative estimate of drug-likeness (QED) is 0.706. The van der Waals surface area contributed by atoms with Crippen LogP contribution in [0.5, 0.6) is 5.75 Å². The first kappa shape index (κ1) is 20.9. The number of hydrogen-bond donors (Lipinski definition) is 2. The van der Waals surface area contributed by atoms with E-state index >= 15 is 0 Å². The summed E-state index contributed by atoms with van der Waals surface area (Å²) < 4.78 is 11.3. The molecule has 2 atom stereocenters. The van der Waals surface area contributed by atoms with Crippen LogP contribution in [-0.2, 0) is 4.74 Å². The molecule has 0 radical (unpaired) electrons. The van der Waals surface area contributed by atoms with Gasteiger partial charge in [-0.1, -0.05) is 19.1 Å². The molecule has 1 aliphatic heterocycles. The number of anilines is 1. The van der Waals surface area contributed by atoms with Gasteiger partial charge in [0, 0.05) is 18.2 Å². The highest BCUT2D eigenvalue weighted by molar-refractivity contribution is 6.09. The normalized spacial score (nSPS) is 16.8. The van der Waals surface area contributed by atoms with E-state index in [0.717, 1.165) is 25.9 Å². The van der Waals surface area contributed by atoms with Crippen molar-refractivity contribution in [1.29, 1.82) is 0 Å². The average Bonchev–Trinajstić information content (AvgIpc) is 3.26. The fourth-order valence-electron chi connectivity index (χ4n) is 3.06. The Kier molecular flexibility index (Phi) is 7.25. The zero-order valence-corrected chi connectivity index (χ0v) is 16.9. The first-order chi connectivity index (χ1) is 14.1. The molecule has 6 heteroatoms. The molecule has 0 aliphatic carbocycles. The lowest BCUT2D eigenvalue weighted by Gasteiger charge is -2.15. The molecule has 2 aromatic rings. The predicted octanol–water partition coefficient (Wildman–Crippen LogP) is 4.03. The predicted molar refractivity (Wildman–Crippen MR) is 113 cm³/mol. The van der Waals surface area contributed by atoms with Crippen molar-refractivity contribution in [3.05, 3.63) is 59.7 Å². The lowest BCUT2D eigenvalue weighted by molar-refractivity contribution is 0.0679. The number of carbonyl (C=O) groups excluding carboxylic acids is 2. The molecular weight excluding hydrogens is 368 g/mol. The van der Waals surface area contributed by atoms with E-state index in [1.54, 1.807) is 48.5 Å². The summed E-state index contributed by atoms with van der Waals surface area (Å²) in [7, 11) is 0. The molecule has 2 unspecified atom stereocenters. The highest BCUT2D eigenvalue weighted by Gasteiger charge is 2.17. The summed E-state index contributed by atoms with van der Waals surface area (Å²) in [6.45, 7) is 5.27. The van der Waals surface area contributed by atoms with Crippen molar-refractivity contribution in [2.24, 2.45) is 0 Å². The van der Waals surface area contributed by atoms with Crippen LogP contribution in [0.15, 0.2) is 48.5 Å². The van der Waals surface area contributed by atoms with Gasteiger partial charge in [0.2, 0.25) is 0 Å². The lowest BCUT2D eigenvalue weighted by Crippen LogP contribution is -2.32. The maximum atomic E-state index is 12.6. The number of benzene rings is 2. The van der Waals surface area contributed by atoms with Gasteiger partial charge >= 0.3 is 0 Å². The highest BCUT2D eigenvalue weighted by Crippen LogP contribution is 2.19. The number of hydrogen-bond acceptors (Lipinski definition) is 4. The molecule has 6 nitrogen and oxygen atoms in total. The van der Waals surface area contributed by atoms with Gasteiger partial charge in [0.1, 0.15) is 12.4 Å². The second-order valence-electron chi connectivity index (χ2n) is 7.25. The molecular formula is C23H28N2O4. The molecule has 29 heavy (non-hydrogen) atoms. The van der Waals surface area contributed by atoms with Crippen LogP contribution in [0.3, 0.4) is 0 Å². The molecule has 1 saturated heterocycles. The van der Waals surface area contributed by atoms with Gasteiger partial charge in [0.05, 0.1) is 17.4 Å². The smallest absolute Gasteiger partial charge is 0.255 e. The molecule has 0 spiro atoms. The second kappa shape index (κ2) is 10.1. The van der Waals surface area contributed by atoms with Crippen molar-refractivity contribution < 1.29 is 19.1 Å². The van der Waals surface area contributed by atoms with Gasteiger partial charge in [-0.15, -0.1) is 0 Å². The number of carbonyl (C=O) groups is 2. The molecule has 0 aromatic heterocycles. The Morgan fingerprint density at radius 3 is 2.59 bits per heavy atom. The summed E-state index contributed by atoms with van der Waals surface area (Å²) in [6.07, 6.45) is 3.08. The maximum Gasteiger partial charge on any atom is 0.255 e. The largest absolute Gasteiger partial charge is 0.491 e. The van der Waals surface area contributed by atoms with Crippen LogP contribution in [0, 0.1) is 0 Å². The molecule has 0 saturated carbocycles. The standard InChI is InChI=1S/C23H28N2O4/c1-3-16(2)24-23(27)20-8-4-5-9-21(20)25-22(26)17-10-12-18(13-11-17)29-15-19-7-6-14-28-19/h4-5,8-13,16,19H,3,6-7,14-15H2,1-2H3,(H,24,27)(H,25,26). The number of nitrogens with one attached hydrogen (secondary N) is 2. The molecule has 2 aromatic carbocycles. The number of ether oxygens (including phenoxy) is 2. The van der Waals surface area contributed by atoms with Crippen LogP contribution in [-0.4, -0.2) is 37.2 Å². The van der Waals surface area contributed by atoms with Gasteiger partial charge in [-0.25, -0.2) is 0 Å². The van der Waals surface area contributed by atoms with Crippen molar-refractivity contribution in [2.75, 3.05) is 18.5 Å². The SMILES string of the molecule is CCC(C)NC(=O)c1ccccc1NC(=O)c1ccc(OCC2CCCO2)cc1. The van der Waals surface area contributed by atoms with Crippen molar-refractivity contribution in [2.45, 2.75) is 45.3 Å². The van der Waals surface area contributed by atoms with Crippen LogP contribution in [0.2, 0.25) is 0 Å². The van der Waals surface area contributed by atoms with Gasteiger partial charge in [0.15, 0.2) is 0 Å². The Hall–Kier alpha value is -2.86. The summed E-state index contributed by atoms with van der Waals surface area (Å²) in [5.41, 5.74) is 1.42. The van der Waals surface area contributed by atoms with Gasteiger partial charge in [-0.3, -0.25) is 9.59 Å². The summed E-state index contributed by atoms with van der Waals surface area (Å²) >= 11 is 0. The van der Waals surface area contributed by atoms with Crippen molar-refractivity contribution in [1.82, 2.24) is 5.32 Å². The fraction of sp³-hybridized carbons (Fsp3) is 0.391.